The molecule has 4 nitrogen and oxygen atoms in total. The molecule has 0 saturated heterocycles. The first-order valence-corrected chi connectivity index (χ1v) is 6.40. The normalized spacial score (nSPS) is 20.2. The van der Waals surface area contributed by atoms with Gasteiger partial charge >= 0.3 is 11.9 Å². The average molecular weight is 254 g/mol. The number of hydrogen-bond donors (Lipinski definition) is 1. The van der Waals surface area contributed by atoms with Crippen LogP contribution in [0.25, 0.3) is 0 Å². The second-order valence-electron chi connectivity index (χ2n) is 5.49. The summed E-state index contributed by atoms with van der Waals surface area (Å²) in [6, 6.07) is 0. The van der Waals surface area contributed by atoms with Crippen molar-refractivity contribution in [3.63, 3.8) is 0 Å². The van der Waals surface area contributed by atoms with Crippen molar-refractivity contribution in [1.82, 2.24) is 0 Å². The summed E-state index contributed by atoms with van der Waals surface area (Å²) in [5, 5.41) is 8.52. The summed E-state index contributed by atoms with van der Waals surface area (Å²) in [5.74, 6) is -1.08. The van der Waals surface area contributed by atoms with E-state index in [9.17, 15) is 9.59 Å². The van der Waals surface area contributed by atoms with Crippen LogP contribution in [0.15, 0.2) is 11.6 Å². The Bertz CT molecular complexity index is 355. The van der Waals surface area contributed by atoms with Gasteiger partial charge in [-0.2, -0.15) is 0 Å². The summed E-state index contributed by atoms with van der Waals surface area (Å²) in [4.78, 5) is 22.0. The molecule has 0 aromatic rings. The van der Waals surface area contributed by atoms with Gasteiger partial charge in [-0.3, -0.25) is 9.59 Å². The van der Waals surface area contributed by atoms with E-state index in [-0.39, 0.29) is 12.8 Å². The molecule has 102 valence electrons. The SMILES string of the molecule is CC1=CCC(C(C)(C)OC(=O)CCC(=O)O)CC1. The standard InChI is InChI=1S/C14H22O4/c1-10-4-6-11(7-5-10)14(2,3)18-13(17)9-8-12(15)16/h4,11H,5-9H2,1-3H3,(H,15,16). The number of ether oxygens (including phenoxy) is 1. The summed E-state index contributed by atoms with van der Waals surface area (Å²) in [6.45, 7) is 5.93. The molecule has 0 aromatic heterocycles. The summed E-state index contributed by atoms with van der Waals surface area (Å²) in [5.41, 5.74) is 0.867. The molecular formula is C14H22O4. The van der Waals surface area contributed by atoms with Crippen LogP contribution in [0.4, 0.5) is 0 Å². The molecule has 0 radical (unpaired) electrons. The molecule has 0 saturated carbocycles. The lowest BCUT2D eigenvalue weighted by molar-refractivity contribution is -0.163. The summed E-state index contributed by atoms with van der Waals surface area (Å²) >= 11 is 0. The Labute approximate surface area is 108 Å². The Kier molecular flexibility index (Phi) is 4.93. The lowest BCUT2D eigenvalue weighted by atomic mass is 9.79. The molecule has 0 fully saturated rings. The number of allylic oxidation sites excluding steroid dienone is 2. The van der Waals surface area contributed by atoms with Crippen LogP contribution in [-0.2, 0) is 14.3 Å². The first kappa shape index (κ1) is 14.7. The van der Waals surface area contributed by atoms with E-state index < -0.39 is 17.5 Å². The maximum atomic E-state index is 11.6. The highest BCUT2D eigenvalue weighted by Crippen LogP contribution is 2.34. The van der Waals surface area contributed by atoms with Gasteiger partial charge in [-0.1, -0.05) is 11.6 Å². The number of rotatable bonds is 5. The zero-order valence-corrected chi connectivity index (χ0v) is 11.4. The van der Waals surface area contributed by atoms with Gasteiger partial charge < -0.3 is 9.84 Å². The van der Waals surface area contributed by atoms with Crippen molar-refractivity contribution in [3.05, 3.63) is 11.6 Å². The molecule has 0 spiro atoms. The van der Waals surface area contributed by atoms with Crippen LogP contribution >= 0.6 is 0 Å². The number of aliphatic carboxylic acids is 1. The number of carboxylic acids is 1. The zero-order chi connectivity index (χ0) is 13.8. The van der Waals surface area contributed by atoms with E-state index in [0.717, 1.165) is 19.3 Å². The van der Waals surface area contributed by atoms with Crippen LogP contribution < -0.4 is 0 Å². The van der Waals surface area contributed by atoms with Crippen molar-refractivity contribution in [2.75, 3.05) is 0 Å². The van der Waals surface area contributed by atoms with E-state index in [1.165, 1.54) is 5.57 Å². The van der Waals surface area contributed by atoms with E-state index in [0.29, 0.717) is 5.92 Å². The smallest absolute Gasteiger partial charge is 0.306 e. The molecule has 1 atom stereocenters. The Balaban J connectivity index is 2.48. The van der Waals surface area contributed by atoms with Crippen molar-refractivity contribution >= 4 is 11.9 Å². The number of carbonyl (C=O) groups excluding carboxylic acids is 1. The minimum Gasteiger partial charge on any atom is -0.481 e. The van der Waals surface area contributed by atoms with E-state index in [2.05, 4.69) is 13.0 Å². The minimum absolute atomic E-state index is 0.0552. The maximum Gasteiger partial charge on any atom is 0.306 e. The molecular weight excluding hydrogens is 232 g/mol. The molecule has 0 aromatic carbocycles. The predicted molar refractivity (Wildman–Crippen MR) is 68.1 cm³/mol. The molecule has 0 bridgehead atoms. The number of carbonyl (C=O) groups is 2. The quantitative estimate of drug-likeness (QED) is 0.605. The first-order valence-electron chi connectivity index (χ1n) is 6.40. The summed E-state index contributed by atoms with van der Waals surface area (Å²) in [6.07, 6.45) is 4.95. The van der Waals surface area contributed by atoms with Gasteiger partial charge in [0.25, 0.3) is 0 Å². The van der Waals surface area contributed by atoms with Gasteiger partial charge in [-0.15, -0.1) is 0 Å². The molecule has 1 aliphatic rings. The molecule has 4 heteroatoms. The molecule has 0 heterocycles. The largest absolute Gasteiger partial charge is 0.481 e. The Hall–Kier alpha value is -1.32. The highest BCUT2D eigenvalue weighted by Gasteiger charge is 2.33. The van der Waals surface area contributed by atoms with E-state index in [4.69, 9.17) is 9.84 Å². The maximum absolute atomic E-state index is 11.6. The van der Waals surface area contributed by atoms with Crippen LogP contribution in [0.2, 0.25) is 0 Å². The Morgan fingerprint density at radius 2 is 2.11 bits per heavy atom. The third-order valence-corrected chi connectivity index (χ3v) is 3.54. The van der Waals surface area contributed by atoms with E-state index in [1.54, 1.807) is 0 Å². The molecule has 0 aliphatic heterocycles. The third-order valence-electron chi connectivity index (χ3n) is 3.54. The van der Waals surface area contributed by atoms with Crippen LogP contribution in [0, 0.1) is 5.92 Å². The average Bonchev–Trinajstić information content (AvgIpc) is 2.26. The van der Waals surface area contributed by atoms with Gasteiger partial charge in [0.15, 0.2) is 0 Å². The van der Waals surface area contributed by atoms with Gasteiger partial charge in [0.2, 0.25) is 0 Å². The highest BCUT2D eigenvalue weighted by molar-refractivity contribution is 5.76. The van der Waals surface area contributed by atoms with Crippen molar-refractivity contribution in [2.45, 2.75) is 58.5 Å². The van der Waals surface area contributed by atoms with Gasteiger partial charge in [0.1, 0.15) is 5.60 Å². The van der Waals surface area contributed by atoms with Gasteiger partial charge in [0.05, 0.1) is 12.8 Å². The van der Waals surface area contributed by atoms with Crippen LogP contribution in [-0.4, -0.2) is 22.6 Å². The predicted octanol–water partition coefficient (Wildman–Crippen LogP) is 2.92. The fourth-order valence-electron chi connectivity index (χ4n) is 2.23. The van der Waals surface area contributed by atoms with Crippen molar-refractivity contribution < 1.29 is 19.4 Å². The highest BCUT2D eigenvalue weighted by atomic mass is 16.6. The monoisotopic (exact) mass is 254 g/mol. The van der Waals surface area contributed by atoms with Crippen molar-refractivity contribution in [2.24, 2.45) is 5.92 Å². The van der Waals surface area contributed by atoms with E-state index >= 15 is 0 Å². The van der Waals surface area contributed by atoms with Crippen LogP contribution in [0.3, 0.4) is 0 Å². The fourth-order valence-corrected chi connectivity index (χ4v) is 2.23. The molecule has 1 N–H and O–H groups in total. The number of esters is 1. The van der Waals surface area contributed by atoms with Crippen LogP contribution in [0.5, 0.6) is 0 Å². The Morgan fingerprint density at radius 3 is 2.61 bits per heavy atom. The van der Waals surface area contributed by atoms with E-state index in [1.807, 2.05) is 13.8 Å². The van der Waals surface area contributed by atoms with Gasteiger partial charge in [0, 0.05) is 5.92 Å². The lowest BCUT2D eigenvalue weighted by Gasteiger charge is -2.35. The van der Waals surface area contributed by atoms with Crippen LogP contribution in [0.1, 0.15) is 52.9 Å². The fraction of sp³-hybridized carbons (Fsp3) is 0.714. The molecule has 1 aliphatic carbocycles. The second-order valence-corrected chi connectivity index (χ2v) is 5.49. The second kappa shape index (κ2) is 6.03. The summed E-state index contributed by atoms with van der Waals surface area (Å²) < 4.78 is 5.43. The molecule has 1 rings (SSSR count). The number of hydrogen-bond acceptors (Lipinski definition) is 3. The Morgan fingerprint density at radius 1 is 1.44 bits per heavy atom. The van der Waals surface area contributed by atoms with Crippen molar-refractivity contribution in [1.29, 1.82) is 0 Å². The number of carboxylic acid groups (broad SMARTS) is 1. The topological polar surface area (TPSA) is 63.6 Å². The van der Waals surface area contributed by atoms with Crippen molar-refractivity contribution in [3.8, 4) is 0 Å². The molecule has 18 heavy (non-hydrogen) atoms. The van der Waals surface area contributed by atoms with Gasteiger partial charge in [-0.05, 0) is 40.0 Å². The molecule has 1 unspecified atom stereocenters. The third kappa shape index (κ3) is 4.51. The van der Waals surface area contributed by atoms with Gasteiger partial charge in [-0.25, -0.2) is 0 Å². The summed E-state index contributed by atoms with van der Waals surface area (Å²) in [7, 11) is 0. The minimum atomic E-state index is -0.971. The molecule has 0 amide bonds. The lowest BCUT2D eigenvalue weighted by Crippen LogP contribution is -2.37. The first-order chi connectivity index (χ1) is 8.31. The zero-order valence-electron chi connectivity index (χ0n) is 11.4.